The molecule has 1 aromatic carbocycles. The van der Waals surface area contributed by atoms with Crippen LogP contribution in [-0.4, -0.2) is 33.2 Å². The van der Waals surface area contributed by atoms with Gasteiger partial charge in [-0.2, -0.15) is 5.10 Å². The van der Waals surface area contributed by atoms with E-state index in [0.717, 1.165) is 35.5 Å². The van der Waals surface area contributed by atoms with Gasteiger partial charge in [0.25, 0.3) is 0 Å². The van der Waals surface area contributed by atoms with Crippen LogP contribution in [0.25, 0.3) is 5.69 Å². The lowest BCUT2D eigenvalue weighted by Crippen LogP contribution is -2.43. The summed E-state index contributed by atoms with van der Waals surface area (Å²) in [7, 11) is 1.82. The summed E-state index contributed by atoms with van der Waals surface area (Å²) in [6.45, 7) is 6.66. The normalized spacial score (nSPS) is 15.5. The van der Waals surface area contributed by atoms with Gasteiger partial charge in [-0.1, -0.05) is 18.2 Å². The Morgan fingerprint density at radius 1 is 1.30 bits per heavy atom. The maximum Gasteiger partial charge on any atom is 0.242 e. The standard InChI is InChI=1S/C18H24N4O/c1-12-7-5-6-8-16(12)22-14(3)15(13(2)20-22)11-21(4)17(23)18(19)9-10-18/h5-8H,9-11,19H2,1-4H3. The number of aryl methyl sites for hydroxylation is 2. The molecule has 2 aromatic rings. The molecule has 1 aliphatic carbocycles. The zero-order chi connectivity index (χ0) is 16.8. The Bertz CT molecular complexity index is 758. The van der Waals surface area contributed by atoms with Crippen LogP contribution in [-0.2, 0) is 11.3 Å². The molecule has 122 valence electrons. The second-order valence-electron chi connectivity index (χ2n) is 6.67. The van der Waals surface area contributed by atoms with Crippen LogP contribution >= 0.6 is 0 Å². The Hall–Kier alpha value is -2.14. The Kier molecular flexibility index (Phi) is 3.76. The third-order valence-corrected chi connectivity index (χ3v) is 4.74. The molecule has 1 aliphatic rings. The predicted molar refractivity (Wildman–Crippen MR) is 90.4 cm³/mol. The van der Waals surface area contributed by atoms with Gasteiger partial charge in [-0.25, -0.2) is 4.68 Å². The largest absolute Gasteiger partial charge is 0.340 e. The Morgan fingerprint density at radius 2 is 1.96 bits per heavy atom. The molecule has 0 radical (unpaired) electrons. The third-order valence-electron chi connectivity index (χ3n) is 4.74. The van der Waals surface area contributed by atoms with Crippen molar-refractivity contribution in [1.29, 1.82) is 0 Å². The van der Waals surface area contributed by atoms with Crippen molar-refractivity contribution < 1.29 is 4.79 Å². The smallest absolute Gasteiger partial charge is 0.242 e. The SMILES string of the molecule is Cc1ccccc1-n1nc(C)c(CN(C)C(=O)C2(N)CC2)c1C. The molecular weight excluding hydrogens is 288 g/mol. The van der Waals surface area contributed by atoms with Gasteiger partial charge in [-0.05, 0) is 45.2 Å². The summed E-state index contributed by atoms with van der Waals surface area (Å²) in [5.41, 5.74) is 10.8. The molecule has 1 heterocycles. The number of para-hydroxylation sites is 1. The van der Waals surface area contributed by atoms with Crippen molar-refractivity contribution in [3.8, 4) is 5.69 Å². The molecular formula is C18H24N4O. The number of nitrogens with two attached hydrogens (primary N) is 1. The Morgan fingerprint density at radius 3 is 2.57 bits per heavy atom. The molecule has 5 nitrogen and oxygen atoms in total. The Labute approximate surface area is 137 Å². The fraction of sp³-hybridized carbons (Fsp3) is 0.444. The molecule has 0 atom stereocenters. The molecule has 0 saturated heterocycles. The van der Waals surface area contributed by atoms with Gasteiger partial charge < -0.3 is 10.6 Å². The van der Waals surface area contributed by atoms with Crippen molar-refractivity contribution >= 4 is 5.91 Å². The number of hydrogen-bond donors (Lipinski definition) is 1. The number of likely N-dealkylation sites (N-methyl/N-ethyl adjacent to an activating group) is 1. The van der Waals surface area contributed by atoms with Crippen LogP contribution < -0.4 is 5.73 Å². The molecule has 1 saturated carbocycles. The highest BCUT2D eigenvalue weighted by molar-refractivity contribution is 5.88. The molecule has 0 spiro atoms. The lowest BCUT2D eigenvalue weighted by Gasteiger charge is -2.21. The number of carbonyl (C=O) groups excluding carboxylic acids is 1. The van der Waals surface area contributed by atoms with Gasteiger partial charge in [0.05, 0.1) is 16.9 Å². The lowest BCUT2D eigenvalue weighted by atomic mass is 10.1. The fourth-order valence-corrected chi connectivity index (χ4v) is 2.98. The fourth-order valence-electron chi connectivity index (χ4n) is 2.98. The van der Waals surface area contributed by atoms with E-state index >= 15 is 0 Å². The number of benzene rings is 1. The van der Waals surface area contributed by atoms with Crippen LogP contribution in [0.3, 0.4) is 0 Å². The number of carbonyl (C=O) groups is 1. The summed E-state index contributed by atoms with van der Waals surface area (Å²) in [6.07, 6.45) is 1.58. The summed E-state index contributed by atoms with van der Waals surface area (Å²) in [5, 5.41) is 4.68. The first-order valence-corrected chi connectivity index (χ1v) is 7.99. The minimum absolute atomic E-state index is 0.0277. The van der Waals surface area contributed by atoms with Crippen LogP contribution in [0, 0.1) is 20.8 Å². The highest BCUT2D eigenvalue weighted by Crippen LogP contribution is 2.34. The maximum absolute atomic E-state index is 12.4. The Balaban J connectivity index is 1.90. The van der Waals surface area contributed by atoms with Gasteiger partial charge in [-0.3, -0.25) is 4.79 Å². The van der Waals surface area contributed by atoms with Crippen LogP contribution in [0.2, 0.25) is 0 Å². The number of rotatable bonds is 4. The van der Waals surface area contributed by atoms with Gasteiger partial charge >= 0.3 is 0 Å². The molecule has 1 aromatic heterocycles. The zero-order valence-electron chi connectivity index (χ0n) is 14.3. The topological polar surface area (TPSA) is 64.2 Å². The van der Waals surface area contributed by atoms with E-state index in [9.17, 15) is 4.79 Å². The first-order valence-electron chi connectivity index (χ1n) is 7.99. The number of nitrogens with zero attached hydrogens (tertiary/aromatic N) is 3. The average Bonchev–Trinajstić information content (AvgIpc) is 3.22. The van der Waals surface area contributed by atoms with Gasteiger partial charge in [0.1, 0.15) is 0 Å². The van der Waals surface area contributed by atoms with E-state index in [-0.39, 0.29) is 5.91 Å². The van der Waals surface area contributed by atoms with E-state index in [0.29, 0.717) is 6.54 Å². The van der Waals surface area contributed by atoms with E-state index in [2.05, 4.69) is 31.1 Å². The highest BCUT2D eigenvalue weighted by atomic mass is 16.2. The van der Waals surface area contributed by atoms with E-state index in [4.69, 9.17) is 5.73 Å². The molecule has 0 unspecified atom stereocenters. The monoisotopic (exact) mass is 312 g/mol. The van der Waals surface area contributed by atoms with Gasteiger partial charge in [0, 0.05) is 24.8 Å². The van der Waals surface area contributed by atoms with Crippen molar-refractivity contribution in [1.82, 2.24) is 14.7 Å². The van der Waals surface area contributed by atoms with E-state index < -0.39 is 5.54 Å². The molecule has 2 N–H and O–H groups in total. The summed E-state index contributed by atoms with van der Waals surface area (Å²) in [4.78, 5) is 14.1. The number of aromatic nitrogens is 2. The summed E-state index contributed by atoms with van der Waals surface area (Å²) < 4.78 is 1.97. The minimum atomic E-state index is -0.622. The zero-order valence-corrected chi connectivity index (χ0v) is 14.3. The molecule has 0 aliphatic heterocycles. The average molecular weight is 312 g/mol. The summed E-state index contributed by atoms with van der Waals surface area (Å²) in [5.74, 6) is 0.0277. The quantitative estimate of drug-likeness (QED) is 0.941. The molecule has 3 rings (SSSR count). The number of hydrogen-bond acceptors (Lipinski definition) is 3. The lowest BCUT2D eigenvalue weighted by molar-refractivity contribution is -0.132. The van der Waals surface area contributed by atoms with Crippen LogP contribution in [0.4, 0.5) is 0 Å². The summed E-state index contributed by atoms with van der Waals surface area (Å²) in [6, 6.07) is 8.17. The predicted octanol–water partition coefficient (Wildman–Crippen LogP) is 2.25. The van der Waals surface area contributed by atoms with Crippen molar-refractivity contribution in [3.05, 3.63) is 46.8 Å². The van der Waals surface area contributed by atoms with Crippen molar-refractivity contribution in [2.24, 2.45) is 5.73 Å². The van der Waals surface area contributed by atoms with E-state index in [1.807, 2.05) is 30.8 Å². The van der Waals surface area contributed by atoms with Gasteiger partial charge in [0.15, 0.2) is 0 Å². The van der Waals surface area contributed by atoms with Crippen LogP contribution in [0.5, 0.6) is 0 Å². The first kappa shape index (κ1) is 15.7. The first-order chi connectivity index (χ1) is 10.8. The minimum Gasteiger partial charge on any atom is -0.340 e. The second-order valence-corrected chi connectivity index (χ2v) is 6.67. The number of amides is 1. The second kappa shape index (κ2) is 5.49. The van der Waals surface area contributed by atoms with E-state index in [1.165, 1.54) is 5.56 Å². The molecule has 23 heavy (non-hydrogen) atoms. The molecule has 5 heteroatoms. The third kappa shape index (κ3) is 2.77. The van der Waals surface area contributed by atoms with Crippen molar-refractivity contribution in [2.75, 3.05) is 7.05 Å². The molecule has 0 bridgehead atoms. The van der Waals surface area contributed by atoms with Crippen molar-refractivity contribution in [2.45, 2.75) is 45.7 Å². The van der Waals surface area contributed by atoms with Gasteiger partial charge in [0.2, 0.25) is 5.91 Å². The summed E-state index contributed by atoms with van der Waals surface area (Å²) >= 11 is 0. The maximum atomic E-state index is 12.4. The highest BCUT2D eigenvalue weighted by Gasteiger charge is 2.47. The molecule has 1 amide bonds. The van der Waals surface area contributed by atoms with E-state index in [1.54, 1.807) is 4.90 Å². The van der Waals surface area contributed by atoms with Crippen LogP contribution in [0.15, 0.2) is 24.3 Å². The van der Waals surface area contributed by atoms with Gasteiger partial charge in [-0.15, -0.1) is 0 Å². The van der Waals surface area contributed by atoms with Crippen molar-refractivity contribution in [3.63, 3.8) is 0 Å². The van der Waals surface area contributed by atoms with Crippen LogP contribution in [0.1, 0.15) is 35.4 Å². The molecule has 1 fully saturated rings.